The van der Waals surface area contributed by atoms with Gasteiger partial charge in [-0.1, -0.05) is 36.6 Å². The van der Waals surface area contributed by atoms with Crippen LogP contribution in [0.15, 0.2) is 24.3 Å². The van der Waals surface area contributed by atoms with E-state index in [1.54, 1.807) is 11.8 Å². The molecule has 1 aromatic rings. The van der Waals surface area contributed by atoms with Crippen LogP contribution in [-0.2, 0) is 4.79 Å². The van der Waals surface area contributed by atoms with Crippen LogP contribution in [0.4, 0.5) is 4.79 Å². The Balaban J connectivity index is 1.64. The molecule has 5 nitrogen and oxygen atoms in total. The first kappa shape index (κ1) is 19.0. The van der Waals surface area contributed by atoms with Crippen molar-refractivity contribution in [3.63, 3.8) is 0 Å². The topological polar surface area (TPSA) is 61.4 Å². The van der Waals surface area contributed by atoms with Gasteiger partial charge in [-0.2, -0.15) is 0 Å². The fourth-order valence-corrected chi connectivity index (χ4v) is 4.41. The molecule has 2 atom stereocenters. The van der Waals surface area contributed by atoms with Gasteiger partial charge in [-0.15, -0.1) is 0 Å². The van der Waals surface area contributed by atoms with E-state index in [9.17, 15) is 9.59 Å². The summed E-state index contributed by atoms with van der Waals surface area (Å²) < 4.78 is 0. The van der Waals surface area contributed by atoms with Crippen molar-refractivity contribution in [1.29, 1.82) is 0 Å². The van der Waals surface area contributed by atoms with Crippen LogP contribution in [0.5, 0.6) is 0 Å². The van der Waals surface area contributed by atoms with Crippen molar-refractivity contribution in [2.45, 2.75) is 57.5 Å². The predicted octanol–water partition coefficient (Wildman–Crippen LogP) is 3.88. The van der Waals surface area contributed by atoms with Gasteiger partial charge in [-0.05, 0) is 49.3 Å². The minimum atomic E-state index is -0.155. The first-order valence-electron chi connectivity index (χ1n) is 9.61. The highest BCUT2D eigenvalue weighted by atomic mass is 35.5. The maximum atomic E-state index is 12.7. The third-order valence-electron chi connectivity index (χ3n) is 5.57. The third kappa shape index (κ3) is 4.91. The average Bonchev–Trinajstić information content (AvgIpc) is 3.14. The van der Waals surface area contributed by atoms with Gasteiger partial charge < -0.3 is 15.5 Å². The fraction of sp³-hybridized carbons (Fsp3) is 0.600. The van der Waals surface area contributed by atoms with Crippen molar-refractivity contribution in [1.82, 2.24) is 15.5 Å². The summed E-state index contributed by atoms with van der Waals surface area (Å²) in [5, 5.41) is 6.94. The Morgan fingerprint density at radius 1 is 1.19 bits per heavy atom. The smallest absolute Gasteiger partial charge is 0.315 e. The van der Waals surface area contributed by atoms with E-state index >= 15 is 0 Å². The molecule has 0 aromatic heterocycles. The second-order valence-corrected chi connectivity index (χ2v) is 7.94. The van der Waals surface area contributed by atoms with E-state index < -0.39 is 0 Å². The van der Waals surface area contributed by atoms with Crippen molar-refractivity contribution < 1.29 is 9.59 Å². The third-order valence-corrected chi connectivity index (χ3v) is 5.80. The van der Waals surface area contributed by atoms with E-state index in [1.807, 2.05) is 24.3 Å². The van der Waals surface area contributed by atoms with Gasteiger partial charge in [0.15, 0.2) is 0 Å². The molecule has 1 aliphatic carbocycles. The number of benzene rings is 1. The van der Waals surface area contributed by atoms with E-state index in [4.69, 9.17) is 11.6 Å². The molecule has 3 rings (SSSR count). The molecule has 6 heteroatoms. The minimum Gasteiger partial charge on any atom is -0.341 e. The van der Waals surface area contributed by atoms with E-state index in [1.165, 1.54) is 12.8 Å². The van der Waals surface area contributed by atoms with Crippen LogP contribution in [-0.4, -0.2) is 36.0 Å². The minimum absolute atomic E-state index is 0.0104. The Morgan fingerprint density at radius 3 is 2.65 bits per heavy atom. The number of piperidine rings is 1. The number of hydrogen-bond donors (Lipinski definition) is 2. The van der Waals surface area contributed by atoms with Crippen LogP contribution in [0.1, 0.15) is 57.1 Å². The maximum Gasteiger partial charge on any atom is 0.315 e. The molecule has 2 aliphatic rings. The monoisotopic (exact) mass is 377 g/mol. The Bertz CT molecular complexity index is 646. The molecule has 0 bridgehead atoms. The van der Waals surface area contributed by atoms with Gasteiger partial charge >= 0.3 is 6.03 Å². The number of halogens is 1. The van der Waals surface area contributed by atoms with Gasteiger partial charge in [0.2, 0.25) is 5.91 Å². The van der Waals surface area contributed by atoms with E-state index in [0.29, 0.717) is 17.5 Å². The van der Waals surface area contributed by atoms with Crippen molar-refractivity contribution in [2.75, 3.05) is 13.1 Å². The molecule has 1 aromatic carbocycles. The zero-order valence-corrected chi connectivity index (χ0v) is 16.1. The Morgan fingerprint density at radius 2 is 1.96 bits per heavy atom. The standard InChI is InChI=1S/C20H28ClN3O2/c1-14(25)24-11-5-10-18(13-24)22-20(26)23-19(15-6-2-3-7-15)16-8-4-9-17(21)12-16/h4,8-9,12,15,18-19H,2-3,5-7,10-11,13H2,1H3,(H2,22,23,26)/t18-,19-/m1/s1. The molecular weight excluding hydrogens is 350 g/mol. The number of carbonyl (C=O) groups excluding carboxylic acids is 2. The van der Waals surface area contributed by atoms with Crippen LogP contribution in [0, 0.1) is 5.92 Å². The van der Waals surface area contributed by atoms with Gasteiger partial charge in [-0.3, -0.25) is 4.79 Å². The molecule has 3 amide bonds. The first-order valence-corrected chi connectivity index (χ1v) is 9.98. The molecule has 0 radical (unpaired) electrons. The number of rotatable bonds is 4. The number of nitrogens with zero attached hydrogens (tertiary/aromatic N) is 1. The van der Waals surface area contributed by atoms with Gasteiger partial charge in [0.1, 0.15) is 0 Å². The Labute approximate surface area is 160 Å². The molecular formula is C20H28ClN3O2. The highest BCUT2D eigenvalue weighted by molar-refractivity contribution is 6.30. The number of urea groups is 1. The van der Waals surface area contributed by atoms with Crippen LogP contribution in [0.3, 0.4) is 0 Å². The van der Waals surface area contributed by atoms with E-state index in [0.717, 1.165) is 37.8 Å². The van der Waals surface area contributed by atoms with Crippen LogP contribution < -0.4 is 10.6 Å². The molecule has 142 valence electrons. The summed E-state index contributed by atoms with van der Waals surface area (Å²) in [5.41, 5.74) is 1.06. The lowest BCUT2D eigenvalue weighted by Crippen LogP contribution is -2.52. The molecule has 0 spiro atoms. The SMILES string of the molecule is CC(=O)N1CCC[C@@H](NC(=O)N[C@@H](c2cccc(Cl)c2)C2CCCC2)C1. The number of amides is 3. The molecule has 1 saturated carbocycles. The summed E-state index contributed by atoms with van der Waals surface area (Å²) in [4.78, 5) is 26.0. The molecule has 26 heavy (non-hydrogen) atoms. The highest BCUT2D eigenvalue weighted by Gasteiger charge is 2.29. The van der Waals surface area contributed by atoms with E-state index in [2.05, 4.69) is 10.6 Å². The van der Waals surface area contributed by atoms with Gasteiger partial charge in [0, 0.05) is 31.1 Å². The van der Waals surface area contributed by atoms with Crippen molar-refractivity contribution in [2.24, 2.45) is 5.92 Å². The van der Waals surface area contributed by atoms with E-state index in [-0.39, 0.29) is 24.0 Å². The van der Waals surface area contributed by atoms with Crippen LogP contribution in [0.2, 0.25) is 5.02 Å². The maximum absolute atomic E-state index is 12.7. The average molecular weight is 378 g/mol. The summed E-state index contributed by atoms with van der Waals surface area (Å²) in [5.74, 6) is 0.513. The number of carbonyl (C=O) groups is 2. The predicted molar refractivity (Wildman–Crippen MR) is 103 cm³/mol. The molecule has 2 fully saturated rings. The lowest BCUT2D eigenvalue weighted by atomic mass is 9.91. The lowest BCUT2D eigenvalue weighted by Gasteiger charge is -2.33. The van der Waals surface area contributed by atoms with Crippen molar-refractivity contribution in [3.05, 3.63) is 34.9 Å². The Kier molecular flexibility index (Phi) is 6.41. The second kappa shape index (κ2) is 8.76. The molecule has 1 heterocycles. The summed E-state index contributed by atoms with van der Waals surface area (Å²) in [6.07, 6.45) is 6.49. The normalized spacial score (nSPS) is 22.1. The second-order valence-electron chi connectivity index (χ2n) is 7.50. The summed E-state index contributed by atoms with van der Waals surface area (Å²) in [7, 11) is 0. The number of nitrogens with one attached hydrogen (secondary N) is 2. The number of likely N-dealkylation sites (tertiary alicyclic amines) is 1. The summed E-state index contributed by atoms with van der Waals surface area (Å²) in [6, 6.07) is 7.61. The Hall–Kier alpha value is -1.75. The van der Waals surface area contributed by atoms with Crippen LogP contribution in [0.25, 0.3) is 0 Å². The van der Waals surface area contributed by atoms with Gasteiger partial charge in [-0.25, -0.2) is 4.79 Å². The van der Waals surface area contributed by atoms with Gasteiger partial charge in [0.25, 0.3) is 0 Å². The fourth-order valence-electron chi connectivity index (χ4n) is 4.21. The lowest BCUT2D eigenvalue weighted by molar-refractivity contribution is -0.130. The molecule has 2 N–H and O–H groups in total. The largest absolute Gasteiger partial charge is 0.341 e. The van der Waals surface area contributed by atoms with Crippen molar-refractivity contribution >= 4 is 23.5 Å². The van der Waals surface area contributed by atoms with Crippen LogP contribution >= 0.6 is 11.6 Å². The summed E-state index contributed by atoms with van der Waals surface area (Å²) >= 11 is 6.17. The molecule has 1 aliphatic heterocycles. The zero-order valence-electron chi connectivity index (χ0n) is 15.3. The number of hydrogen-bond acceptors (Lipinski definition) is 2. The summed E-state index contributed by atoms with van der Waals surface area (Å²) in [6.45, 7) is 2.95. The zero-order chi connectivity index (χ0) is 18.5. The first-order chi connectivity index (χ1) is 12.5. The molecule has 0 unspecified atom stereocenters. The molecule has 1 saturated heterocycles. The highest BCUT2D eigenvalue weighted by Crippen LogP contribution is 2.36. The van der Waals surface area contributed by atoms with Crippen molar-refractivity contribution in [3.8, 4) is 0 Å². The van der Waals surface area contributed by atoms with Gasteiger partial charge in [0.05, 0.1) is 6.04 Å². The quantitative estimate of drug-likeness (QED) is 0.836.